The molecule has 0 unspecified atom stereocenters. The van der Waals surface area contributed by atoms with E-state index in [9.17, 15) is 4.79 Å². The molecule has 0 bridgehead atoms. The molecule has 1 aromatic carbocycles. The standard InChI is InChI=1S/C17H13BN4O/c1-10-5-6-19-8-14(10)22-16-12-7-11(18)3-4-13(12)20-9-15(16)21(2)17(22)23/h3-9H,1-2H3. The van der Waals surface area contributed by atoms with Gasteiger partial charge in [0, 0.05) is 18.6 Å². The van der Waals surface area contributed by atoms with Crippen LogP contribution in [0.1, 0.15) is 5.56 Å². The van der Waals surface area contributed by atoms with Crippen molar-refractivity contribution in [1.29, 1.82) is 0 Å². The number of aromatic nitrogens is 4. The van der Waals surface area contributed by atoms with Gasteiger partial charge in [-0.25, -0.2) is 4.79 Å². The Morgan fingerprint density at radius 2 is 2.00 bits per heavy atom. The van der Waals surface area contributed by atoms with E-state index in [-0.39, 0.29) is 5.69 Å². The molecule has 0 aliphatic carbocycles. The van der Waals surface area contributed by atoms with Crippen LogP contribution in [0.15, 0.2) is 47.7 Å². The van der Waals surface area contributed by atoms with Gasteiger partial charge in [-0.1, -0.05) is 17.6 Å². The molecule has 23 heavy (non-hydrogen) atoms. The normalized spacial score (nSPS) is 11.4. The molecular formula is C17H13BN4O. The summed E-state index contributed by atoms with van der Waals surface area (Å²) in [5, 5.41) is 0.850. The zero-order chi connectivity index (χ0) is 16.1. The summed E-state index contributed by atoms with van der Waals surface area (Å²) < 4.78 is 3.28. The number of aryl methyl sites for hydroxylation is 2. The van der Waals surface area contributed by atoms with Crippen LogP contribution in [0.4, 0.5) is 0 Å². The minimum absolute atomic E-state index is 0.132. The molecule has 5 nitrogen and oxygen atoms in total. The number of fused-ring (bicyclic) bond motifs is 3. The van der Waals surface area contributed by atoms with Gasteiger partial charge in [0.15, 0.2) is 0 Å². The fourth-order valence-electron chi connectivity index (χ4n) is 2.93. The van der Waals surface area contributed by atoms with Gasteiger partial charge < -0.3 is 0 Å². The van der Waals surface area contributed by atoms with Crippen molar-refractivity contribution in [2.75, 3.05) is 0 Å². The number of hydrogen-bond donors (Lipinski definition) is 0. The summed E-state index contributed by atoms with van der Waals surface area (Å²) in [7, 11) is 7.69. The van der Waals surface area contributed by atoms with Gasteiger partial charge in [0.2, 0.25) is 0 Å². The molecule has 3 aromatic heterocycles. The summed E-state index contributed by atoms with van der Waals surface area (Å²) in [5.74, 6) is 0. The van der Waals surface area contributed by atoms with Crippen molar-refractivity contribution < 1.29 is 0 Å². The second-order valence-electron chi connectivity index (χ2n) is 5.61. The third-order valence-corrected chi connectivity index (χ3v) is 4.16. The predicted octanol–water partition coefficient (Wildman–Crippen LogP) is 1.37. The summed E-state index contributed by atoms with van der Waals surface area (Å²) >= 11 is 0. The number of nitrogens with zero attached hydrogens (tertiary/aromatic N) is 4. The lowest BCUT2D eigenvalue weighted by Gasteiger charge is -2.08. The molecular weight excluding hydrogens is 287 g/mol. The van der Waals surface area contributed by atoms with Gasteiger partial charge in [-0.15, -0.1) is 0 Å². The van der Waals surface area contributed by atoms with Crippen molar-refractivity contribution >= 4 is 35.2 Å². The molecule has 0 saturated carbocycles. The lowest BCUT2D eigenvalue weighted by molar-refractivity contribution is 0.841. The monoisotopic (exact) mass is 300 g/mol. The van der Waals surface area contributed by atoms with E-state index in [0.717, 1.165) is 33.2 Å². The number of imidazole rings is 1. The van der Waals surface area contributed by atoms with Crippen LogP contribution in [0, 0.1) is 6.92 Å². The van der Waals surface area contributed by atoms with E-state index in [2.05, 4.69) is 9.97 Å². The van der Waals surface area contributed by atoms with Gasteiger partial charge in [0.1, 0.15) is 7.85 Å². The van der Waals surface area contributed by atoms with Gasteiger partial charge >= 0.3 is 5.69 Å². The van der Waals surface area contributed by atoms with Gasteiger partial charge in [-0.2, -0.15) is 0 Å². The zero-order valence-electron chi connectivity index (χ0n) is 12.8. The molecule has 2 radical (unpaired) electrons. The average molecular weight is 300 g/mol. The van der Waals surface area contributed by atoms with E-state index >= 15 is 0 Å². The van der Waals surface area contributed by atoms with Crippen LogP contribution < -0.4 is 11.2 Å². The smallest absolute Gasteiger partial charge is 0.293 e. The molecule has 0 aliphatic heterocycles. The third-order valence-electron chi connectivity index (χ3n) is 4.16. The first-order valence-corrected chi connectivity index (χ1v) is 7.24. The predicted molar refractivity (Wildman–Crippen MR) is 91.7 cm³/mol. The molecule has 0 fully saturated rings. The van der Waals surface area contributed by atoms with Crippen LogP contribution in [0.25, 0.3) is 27.6 Å². The van der Waals surface area contributed by atoms with Crippen molar-refractivity contribution in [1.82, 2.24) is 19.1 Å². The van der Waals surface area contributed by atoms with Crippen LogP contribution >= 0.6 is 0 Å². The molecule has 4 rings (SSSR count). The minimum atomic E-state index is -0.132. The molecule has 0 saturated heterocycles. The maximum absolute atomic E-state index is 12.8. The Labute approximate surface area is 133 Å². The lowest BCUT2D eigenvalue weighted by atomic mass is 9.94. The first-order chi connectivity index (χ1) is 11.1. The van der Waals surface area contributed by atoms with E-state index in [4.69, 9.17) is 7.85 Å². The molecule has 6 heteroatoms. The van der Waals surface area contributed by atoms with Crippen molar-refractivity contribution in [3.63, 3.8) is 0 Å². The maximum atomic E-state index is 12.8. The second kappa shape index (κ2) is 4.81. The average Bonchev–Trinajstić information content (AvgIpc) is 2.80. The van der Waals surface area contributed by atoms with E-state index in [1.807, 2.05) is 31.2 Å². The summed E-state index contributed by atoms with van der Waals surface area (Å²) in [5.41, 5.74) is 4.60. The summed E-state index contributed by atoms with van der Waals surface area (Å²) in [6.45, 7) is 1.96. The largest absolute Gasteiger partial charge is 0.333 e. The molecule has 0 spiro atoms. The highest BCUT2D eigenvalue weighted by atomic mass is 16.1. The highest BCUT2D eigenvalue weighted by molar-refractivity contribution is 6.33. The van der Waals surface area contributed by atoms with E-state index < -0.39 is 0 Å². The van der Waals surface area contributed by atoms with Gasteiger partial charge in [-0.3, -0.25) is 19.1 Å². The van der Waals surface area contributed by atoms with Gasteiger partial charge in [0.25, 0.3) is 0 Å². The fourth-order valence-corrected chi connectivity index (χ4v) is 2.93. The molecule has 4 aromatic rings. The van der Waals surface area contributed by atoms with Gasteiger partial charge in [0.05, 0.1) is 34.6 Å². The van der Waals surface area contributed by atoms with Crippen LogP contribution in [0.3, 0.4) is 0 Å². The van der Waals surface area contributed by atoms with Crippen LogP contribution in [-0.2, 0) is 7.05 Å². The van der Waals surface area contributed by atoms with Crippen molar-refractivity contribution in [3.05, 3.63) is 58.9 Å². The van der Waals surface area contributed by atoms with Crippen LogP contribution in [0.2, 0.25) is 0 Å². The Hall–Kier alpha value is -2.89. The SMILES string of the molecule is [B]c1ccc2ncc3c(c2c1)n(-c1cnccc1C)c(=O)n3C. The quantitative estimate of drug-likeness (QED) is 0.499. The Morgan fingerprint density at radius 3 is 2.78 bits per heavy atom. The topological polar surface area (TPSA) is 52.7 Å². The van der Waals surface area contributed by atoms with Crippen LogP contribution in [-0.4, -0.2) is 26.9 Å². The molecule has 3 heterocycles. The fraction of sp³-hybridized carbons (Fsp3) is 0.118. The third kappa shape index (κ3) is 1.91. The van der Waals surface area contributed by atoms with Crippen molar-refractivity contribution in [2.45, 2.75) is 6.92 Å². The molecule has 0 amide bonds. The molecule has 0 N–H and O–H groups in total. The summed E-state index contributed by atoms with van der Waals surface area (Å²) in [4.78, 5) is 21.4. The van der Waals surface area contributed by atoms with Gasteiger partial charge in [-0.05, 0) is 24.6 Å². The molecule has 110 valence electrons. The Morgan fingerprint density at radius 1 is 1.17 bits per heavy atom. The highest BCUT2D eigenvalue weighted by Gasteiger charge is 2.17. The summed E-state index contributed by atoms with van der Waals surface area (Å²) in [6.07, 6.45) is 5.14. The van der Waals surface area contributed by atoms with Crippen molar-refractivity contribution in [2.24, 2.45) is 7.05 Å². The van der Waals surface area contributed by atoms with Crippen LogP contribution in [0.5, 0.6) is 0 Å². The Kier molecular flexibility index (Phi) is 2.88. The van der Waals surface area contributed by atoms with Crippen molar-refractivity contribution in [3.8, 4) is 5.69 Å². The number of rotatable bonds is 1. The second-order valence-corrected chi connectivity index (χ2v) is 5.61. The Bertz CT molecular complexity index is 1130. The number of hydrogen-bond acceptors (Lipinski definition) is 3. The highest BCUT2D eigenvalue weighted by Crippen LogP contribution is 2.25. The van der Waals surface area contributed by atoms with E-state index in [1.54, 1.807) is 34.8 Å². The first-order valence-electron chi connectivity index (χ1n) is 7.24. The number of pyridine rings is 2. The Balaban J connectivity index is 2.28. The molecule has 0 atom stereocenters. The van der Waals surface area contributed by atoms with E-state index in [1.165, 1.54) is 0 Å². The number of benzene rings is 1. The first kappa shape index (κ1) is 13.8. The zero-order valence-corrected chi connectivity index (χ0v) is 12.8. The maximum Gasteiger partial charge on any atom is 0.333 e. The lowest BCUT2D eigenvalue weighted by Crippen LogP contribution is -2.21. The molecule has 0 aliphatic rings. The van der Waals surface area contributed by atoms with E-state index in [0.29, 0.717) is 5.46 Å². The minimum Gasteiger partial charge on any atom is -0.293 e. The summed E-state index contributed by atoms with van der Waals surface area (Å²) in [6, 6.07) is 7.41.